The van der Waals surface area contributed by atoms with E-state index < -0.39 is 29.6 Å². The van der Waals surface area contributed by atoms with Gasteiger partial charge in [0.15, 0.2) is 0 Å². The molecule has 0 bridgehead atoms. The van der Waals surface area contributed by atoms with Gasteiger partial charge in [0.05, 0.1) is 6.10 Å². The largest absolute Gasteiger partial charge is 0.490 e. The lowest BCUT2D eigenvalue weighted by molar-refractivity contribution is 0.0229. The molecular weight excluding hydrogens is 373 g/mol. The van der Waals surface area contributed by atoms with E-state index in [1.165, 1.54) is 0 Å². The zero-order chi connectivity index (χ0) is 18.1. The van der Waals surface area contributed by atoms with Gasteiger partial charge in [-0.25, -0.2) is 13.7 Å². The molecule has 1 rings (SSSR count). The topological polar surface area (TPSA) is 160 Å². The van der Waals surface area contributed by atoms with Crippen LogP contribution in [0.1, 0.15) is 40.0 Å². The SMILES string of the molecule is CC1CCC(C(C)C)C(OP(=O)(O)OP(=O)(O)OP(=O)(O)O)C1. The lowest BCUT2D eigenvalue weighted by Crippen LogP contribution is -2.33. The Morgan fingerprint density at radius 1 is 0.957 bits per heavy atom. The molecule has 0 aromatic heterocycles. The van der Waals surface area contributed by atoms with Gasteiger partial charge in [-0.2, -0.15) is 8.62 Å². The van der Waals surface area contributed by atoms with Gasteiger partial charge in [-0.1, -0.05) is 27.2 Å². The normalized spacial score (nSPS) is 31.6. The third kappa shape index (κ3) is 7.88. The van der Waals surface area contributed by atoms with Gasteiger partial charge in [0.1, 0.15) is 0 Å². The van der Waals surface area contributed by atoms with Gasteiger partial charge in [-0.3, -0.25) is 4.52 Å². The summed E-state index contributed by atoms with van der Waals surface area (Å²) in [5.41, 5.74) is 0. The molecule has 1 saturated carbocycles. The van der Waals surface area contributed by atoms with Gasteiger partial charge in [0, 0.05) is 0 Å². The molecule has 0 aliphatic heterocycles. The molecule has 10 nitrogen and oxygen atoms in total. The molecule has 13 heteroatoms. The second kappa shape index (κ2) is 7.75. The Hall–Kier alpha value is 0.410. The fraction of sp³-hybridized carbons (Fsp3) is 1.00. The Morgan fingerprint density at radius 2 is 1.52 bits per heavy atom. The summed E-state index contributed by atoms with van der Waals surface area (Å²) >= 11 is 0. The Labute approximate surface area is 134 Å². The highest BCUT2D eigenvalue weighted by Gasteiger charge is 2.44. The zero-order valence-corrected chi connectivity index (χ0v) is 15.7. The first kappa shape index (κ1) is 21.5. The van der Waals surface area contributed by atoms with Gasteiger partial charge in [-0.05, 0) is 30.6 Å². The van der Waals surface area contributed by atoms with E-state index in [0.717, 1.165) is 12.8 Å². The van der Waals surface area contributed by atoms with Crippen molar-refractivity contribution in [1.82, 2.24) is 0 Å². The average molecular weight is 396 g/mol. The van der Waals surface area contributed by atoms with Crippen LogP contribution in [0.25, 0.3) is 0 Å². The second-order valence-electron chi connectivity index (χ2n) is 6.06. The fourth-order valence-corrected chi connectivity index (χ4v) is 5.95. The van der Waals surface area contributed by atoms with Crippen molar-refractivity contribution in [1.29, 1.82) is 0 Å². The number of rotatable bonds is 7. The van der Waals surface area contributed by atoms with Crippen LogP contribution in [-0.2, 0) is 26.8 Å². The highest BCUT2D eigenvalue weighted by molar-refractivity contribution is 7.66. The molecule has 0 aromatic carbocycles. The van der Waals surface area contributed by atoms with Crippen molar-refractivity contribution in [2.24, 2.45) is 17.8 Å². The molecule has 5 atom stereocenters. The molecule has 138 valence electrons. The average Bonchev–Trinajstić information content (AvgIpc) is 2.21. The molecule has 0 spiro atoms. The Morgan fingerprint density at radius 3 is 2.00 bits per heavy atom. The van der Waals surface area contributed by atoms with E-state index in [9.17, 15) is 18.6 Å². The monoisotopic (exact) mass is 396 g/mol. The van der Waals surface area contributed by atoms with E-state index >= 15 is 0 Å². The maximum absolute atomic E-state index is 11.9. The van der Waals surface area contributed by atoms with Crippen LogP contribution < -0.4 is 0 Å². The van der Waals surface area contributed by atoms with E-state index in [2.05, 4.69) is 8.62 Å². The molecule has 4 N–H and O–H groups in total. The molecule has 0 aromatic rings. The molecule has 0 amide bonds. The summed E-state index contributed by atoms with van der Waals surface area (Å²) in [5, 5.41) is 0. The maximum atomic E-state index is 11.9. The molecule has 1 aliphatic rings. The highest BCUT2D eigenvalue weighted by atomic mass is 31.3. The minimum Gasteiger partial charge on any atom is -0.302 e. The summed E-state index contributed by atoms with van der Waals surface area (Å²) in [7, 11) is -15.9. The van der Waals surface area contributed by atoms with Crippen LogP contribution in [0.15, 0.2) is 0 Å². The standard InChI is InChI=1S/C10H23O10P3/c1-7(2)9-5-4-8(3)6-10(9)18-22(14,15)20-23(16,17)19-21(11,12)13/h7-10H,4-6H2,1-3H3,(H,14,15)(H,16,17)(H2,11,12,13). The lowest BCUT2D eigenvalue weighted by atomic mass is 9.75. The van der Waals surface area contributed by atoms with Crippen molar-refractivity contribution < 1.29 is 46.4 Å². The first-order valence-corrected chi connectivity index (χ1v) is 11.5. The second-order valence-corrected chi connectivity index (χ2v) is 10.4. The van der Waals surface area contributed by atoms with Gasteiger partial charge in [0.2, 0.25) is 0 Å². The van der Waals surface area contributed by atoms with Crippen molar-refractivity contribution >= 4 is 23.5 Å². The zero-order valence-electron chi connectivity index (χ0n) is 13.0. The molecule has 5 unspecified atom stereocenters. The minimum atomic E-state index is -5.46. The summed E-state index contributed by atoms with van der Waals surface area (Å²) in [6.07, 6.45) is 1.48. The number of hydrogen-bond donors (Lipinski definition) is 4. The summed E-state index contributed by atoms with van der Waals surface area (Å²) in [5.74, 6) is 0.345. The predicted molar refractivity (Wildman–Crippen MR) is 80.1 cm³/mol. The minimum absolute atomic E-state index is 0.0453. The van der Waals surface area contributed by atoms with E-state index in [1.807, 2.05) is 20.8 Å². The fourth-order valence-electron chi connectivity index (χ4n) is 2.71. The van der Waals surface area contributed by atoms with Crippen molar-refractivity contribution in [3.8, 4) is 0 Å². The van der Waals surface area contributed by atoms with Crippen LogP contribution >= 0.6 is 23.5 Å². The van der Waals surface area contributed by atoms with E-state index in [4.69, 9.17) is 19.2 Å². The maximum Gasteiger partial charge on any atom is 0.490 e. The first-order chi connectivity index (χ1) is 10.2. The summed E-state index contributed by atoms with van der Waals surface area (Å²) in [4.78, 5) is 35.8. The quantitative estimate of drug-likeness (QED) is 0.471. The smallest absolute Gasteiger partial charge is 0.302 e. The van der Waals surface area contributed by atoms with Crippen LogP contribution in [0.3, 0.4) is 0 Å². The van der Waals surface area contributed by atoms with Crippen LogP contribution in [-0.4, -0.2) is 25.7 Å². The third-order valence-corrected chi connectivity index (χ3v) is 7.51. The molecule has 0 radical (unpaired) electrons. The van der Waals surface area contributed by atoms with Gasteiger partial charge in [-0.15, -0.1) is 0 Å². The summed E-state index contributed by atoms with van der Waals surface area (Å²) in [6, 6.07) is 0. The molecule has 0 heterocycles. The van der Waals surface area contributed by atoms with Gasteiger partial charge in [0.25, 0.3) is 0 Å². The highest BCUT2D eigenvalue weighted by Crippen LogP contribution is 2.67. The molecule has 1 aliphatic carbocycles. The van der Waals surface area contributed by atoms with Crippen molar-refractivity contribution in [2.45, 2.75) is 46.1 Å². The lowest BCUT2D eigenvalue weighted by Gasteiger charge is -2.37. The molecular formula is C10H23O10P3. The number of phosphoric ester groups is 1. The van der Waals surface area contributed by atoms with Crippen LogP contribution in [0.2, 0.25) is 0 Å². The van der Waals surface area contributed by atoms with Crippen molar-refractivity contribution in [3.63, 3.8) is 0 Å². The van der Waals surface area contributed by atoms with Crippen LogP contribution in [0.5, 0.6) is 0 Å². The van der Waals surface area contributed by atoms with E-state index in [1.54, 1.807) is 0 Å². The number of hydrogen-bond acceptors (Lipinski definition) is 6. The summed E-state index contributed by atoms with van der Waals surface area (Å²) < 4.78 is 46.3. The number of phosphoric acid groups is 3. The van der Waals surface area contributed by atoms with E-state index in [0.29, 0.717) is 6.42 Å². The Kier molecular flexibility index (Phi) is 7.23. The van der Waals surface area contributed by atoms with Crippen molar-refractivity contribution in [3.05, 3.63) is 0 Å². The summed E-state index contributed by atoms with van der Waals surface area (Å²) in [6.45, 7) is 5.80. The first-order valence-electron chi connectivity index (χ1n) is 7.03. The van der Waals surface area contributed by atoms with Gasteiger partial charge >= 0.3 is 23.5 Å². The molecule has 1 fully saturated rings. The Balaban J connectivity index is 2.81. The van der Waals surface area contributed by atoms with Crippen LogP contribution in [0, 0.1) is 17.8 Å². The van der Waals surface area contributed by atoms with Gasteiger partial charge < -0.3 is 19.6 Å². The Bertz CT molecular complexity index is 543. The van der Waals surface area contributed by atoms with Crippen molar-refractivity contribution in [2.75, 3.05) is 0 Å². The third-order valence-electron chi connectivity index (χ3n) is 3.65. The molecule has 23 heavy (non-hydrogen) atoms. The molecule has 0 saturated heterocycles. The van der Waals surface area contributed by atoms with Crippen LogP contribution in [0.4, 0.5) is 0 Å². The predicted octanol–water partition coefficient (Wildman–Crippen LogP) is 2.79. The van der Waals surface area contributed by atoms with E-state index in [-0.39, 0.29) is 17.8 Å².